The fraction of sp³-hybridized carbons (Fsp3) is 0.0769. The number of rotatable bonds is 2. The first-order valence-electron chi connectivity index (χ1n) is 5.76. The fourth-order valence-corrected chi connectivity index (χ4v) is 1.83. The molecule has 0 atom stereocenters. The molecule has 2 heterocycles. The van der Waals surface area contributed by atoms with Gasteiger partial charge in [-0.2, -0.15) is 5.10 Å². The van der Waals surface area contributed by atoms with E-state index in [1.54, 1.807) is 18.5 Å². The fourth-order valence-electron chi connectivity index (χ4n) is 1.83. The zero-order chi connectivity index (χ0) is 13.2. The number of nitrogens with one attached hydrogen (secondary N) is 2. The molecule has 0 aliphatic carbocycles. The van der Waals surface area contributed by atoms with Crippen LogP contribution in [-0.2, 0) is 4.79 Å². The molecular formula is C13H11N5O. The number of aromatic amines is 1. The molecule has 0 spiro atoms. The van der Waals surface area contributed by atoms with Crippen molar-refractivity contribution in [3.63, 3.8) is 0 Å². The van der Waals surface area contributed by atoms with Crippen LogP contribution in [0.2, 0.25) is 0 Å². The largest absolute Gasteiger partial charge is 0.295 e. The third-order valence-corrected chi connectivity index (χ3v) is 2.68. The second-order valence-corrected chi connectivity index (χ2v) is 4.12. The molecule has 0 unspecified atom stereocenters. The Morgan fingerprint density at radius 2 is 2.21 bits per heavy atom. The predicted octanol–water partition coefficient (Wildman–Crippen LogP) is 1.98. The Labute approximate surface area is 108 Å². The van der Waals surface area contributed by atoms with Crippen LogP contribution in [0.3, 0.4) is 0 Å². The Kier molecular flexibility index (Phi) is 2.68. The maximum Gasteiger partial charge on any atom is 0.229 e. The lowest BCUT2D eigenvalue weighted by Gasteiger charge is -2.04. The van der Waals surface area contributed by atoms with Gasteiger partial charge in [0.05, 0.1) is 17.4 Å². The van der Waals surface area contributed by atoms with Crippen LogP contribution in [-0.4, -0.2) is 26.1 Å². The van der Waals surface area contributed by atoms with Crippen molar-refractivity contribution in [1.29, 1.82) is 0 Å². The predicted molar refractivity (Wildman–Crippen MR) is 71.4 cm³/mol. The maximum absolute atomic E-state index is 11.0. The Morgan fingerprint density at radius 3 is 3.05 bits per heavy atom. The van der Waals surface area contributed by atoms with E-state index < -0.39 is 0 Å². The van der Waals surface area contributed by atoms with Crippen LogP contribution in [0, 0.1) is 0 Å². The van der Waals surface area contributed by atoms with E-state index in [1.165, 1.54) is 6.92 Å². The number of amides is 1. The van der Waals surface area contributed by atoms with Crippen molar-refractivity contribution in [2.24, 2.45) is 0 Å². The van der Waals surface area contributed by atoms with Crippen LogP contribution in [0.15, 0.2) is 36.7 Å². The number of fused-ring (bicyclic) bond motifs is 1. The van der Waals surface area contributed by atoms with E-state index in [9.17, 15) is 4.79 Å². The first-order chi connectivity index (χ1) is 9.22. The topological polar surface area (TPSA) is 83.6 Å². The van der Waals surface area contributed by atoms with Gasteiger partial charge in [0.2, 0.25) is 11.9 Å². The number of H-pyrrole nitrogens is 1. The molecule has 94 valence electrons. The average Bonchev–Trinajstić information content (AvgIpc) is 2.85. The second-order valence-electron chi connectivity index (χ2n) is 4.12. The van der Waals surface area contributed by atoms with Crippen molar-refractivity contribution in [3.05, 3.63) is 36.7 Å². The Hall–Kier alpha value is -2.76. The molecule has 3 aromatic rings. The normalized spacial score (nSPS) is 10.6. The van der Waals surface area contributed by atoms with E-state index in [4.69, 9.17) is 0 Å². The summed E-state index contributed by atoms with van der Waals surface area (Å²) in [5, 5.41) is 10.5. The molecule has 0 saturated carbocycles. The van der Waals surface area contributed by atoms with Gasteiger partial charge in [-0.15, -0.1) is 0 Å². The molecule has 6 nitrogen and oxygen atoms in total. The summed E-state index contributed by atoms with van der Waals surface area (Å²) in [4.78, 5) is 19.3. The van der Waals surface area contributed by atoms with Crippen LogP contribution in [0.5, 0.6) is 0 Å². The number of aromatic nitrogens is 4. The van der Waals surface area contributed by atoms with E-state index in [0.717, 1.165) is 22.2 Å². The minimum absolute atomic E-state index is 0.193. The molecular weight excluding hydrogens is 242 g/mol. The Balaban J connectivity index is 2.02. The van der Waals surface area contributed by atoms with Gasteiger partial charge in [0, 0.05) is 24.1 Å². The van der Waals surface area contributed by atoms with Gasteiger partial charge in [-0.3, -0.25) is 15.2 Å². The lowest BCUT2D eigenvalue weighted by Crippen LogP contribution is -2.09. The van der Waals surface area contributed by atoms with Gasteiger partial charge in [0.15, 0.2) is 0 Å². The summed E-state index contributed by atoms with van der Waals surface area (Å²) < 4.78 is 0. The number of hydrogen-bond donors (Lipinski definition) is 2. The number of benzene rings is 1. The van der Waals surface area contributed by atoms with Gasteiger partial charge in [0.1, 0.15) is 0 Å². The monoisotopic (exact) mass is 253 g/mol. The van der Waals surface area contributed by atoms with E-state index in [2.05, 4.69) is 25.5 Å². The summed E-state index contributed by atoms with van der Waals surface area (Å²) in [6, 6.07) is 7.68. The molecule has 2 aromatic heterocycles. The van der Waals surface area contributed by atoms with E-state index in [1.807, 2.05) is 18.2 Å². The number of hydrogen-bond acceptors (Lipinski definition) is 4. The summed E-state index contributed by atoms with van der Waals surface area (Å²) in [6.45, 7) is 1.42. The van der Waals surface area contributed by atoms with Crippen LogP contribution in [0.4, 0.5) is 5.95 Å². The Morgan fingerprint density at radius 1 is 1.32 bits per heavy atom. The van der Waals surface area contributed by atoms with Crippen LogP contribution >= 0.6 is 0 Å². The molecule has 2 N–H and O–H groups in total. The third-order valence-electron chi connectivity index (χ3n) is 2.68. The SMILES string of the molecule is CC(=O)Nc1nccc(-c2ccc3cn[nH]c3c2)n1. The van der Waals surface area contributed by atoms with Gasteiger partial charge in [-0.05, 0) is 12.1 Å². The van der Waals surface area contributed by atoms with Crippen molar-refractivity contribution in [2.75, 3.05) is 5.32 Å². The summed E-state index contributed by atoms with van der Waals surface area (Å²) >= 11 is 0. The molecule has 6 heteroatoms. The summed E-state index contributed by atoms with van der Waals surface area (Å²) in [7, 11) is 0. The van der Waals surface area contributed by atoms with E-state index >= 15 is 0 Å². The van der Waals surface area contributed by atoms with Crippen LogP contribution in [0.1, 0.15) is 6.92 Å². The molecule has 1 amide bonds. The smallest absolute Gasteiger partial charge is 0.229 e. The van der Waals surface area contributed by atoms with Crippen molar-refractivity contribution < 1.29 is 4.79 Å². The zero-order valence-electron chi connectivity index (χ0n) is 10.2. The maximum atomic E-state index is 11.0. The highest BCUT2D eigenvalue weighted by molar-refractivity contribution is 5.87. The first-order valence-corrected chi connectivity index (χ1v) is 5.76. The van der Waals surface area contributed by atoms with Gasteiger partial charge in [0.25, 0.3) is 0 Å². The highest BCUT2D eigenvalue weighted by Crippen LogP contribution is 2.21. The zero-order valence-corrected chi connectivity index (χ0v) is 10.2. The number of carbonyl (C=O) groups is 1. The first kappa shape index (κ1) is 11.3. The van der Waals surface area contributed by atoms with Crippen molar-refractivity contribution in [2.45, 2.75) is 6.92 Å². The van der Waals surface area contributed by atoms with Gasteiger partial charge in [-0.1, -0.05) is 12.1 Å². The standard InChI is InChI=1S/C13H11N5O/c1-8(19)16-13-14-5-4-11(17-13)9-2-3-10-7-15-18-12(10)6-9/h2-7H,1H3,(H,15,18)(H,14,16,17,19). The van der Waals surface area contributed by atoms with Crippen molar-refractivity contribution >= 4 is 22.8 Å². The highest BCUT2D eigenvalue weighted by atomic mass is 16.1. The average molecular weight is 253 g/mol. The molecule has 1 aromatic carbocycles. The Bertz CT molecular complexity index is 749. The molecule has 0 aliphatic heterocycles. The van der Waals surface area contributed by atoms with Gasteiger partial charge in [-0.25, -0.2) is 9.97 Å². The number of carbonyl (C=O) groups excluding carboxylic acids is 1. The molecule has 0 fully saturated rings. The molecule has 19 heavy (non-hydrogen) atoms. The third kappa shape index (κ3) is 2.28. The van der Waals surface area contributed by atoms with E-state index in [-0.39, 0.29) is 5.91 Å². The molecule has 3 rings (SSSR count). The van der Waals surface area contributed by atoms with E-state index in [0.29, 0.717) is 5.95 Å². The summed E-state index contributed by atoms with van der Waals surface area (Å²) in [5.41, 5.74) is 2.62. The van der Waals surface area contributed by atoms with Gasteiger partial charge >= 0.3 is 0 Å². The molecule has 0 bridgehead atoms. The summed E-state index contributed by atoms with van der Waals surface area (Å²) in [6.07, 6.45) is 3.38. The second kappa shape index (κ2) is 4.49. The minimum Gasteiger partial charge on any atom is -0.295 e. The molecule has 0 saturated heterocycles. The number of anilines is 1. The quantitative estimate of drug-likeness (QED) is 0.731. The lowest BCUT2D eigenvalue weighted by atomic mass is 10.1. The van der Waals surface area contributed by atoms with Gasteiger partial charge < -0.3 is 0 Å². The van der Waals surface area contributed by atoms with Crippen molar-refractivity contribution in [3.8, 4) is 11.3 Å². The van der Waals surface area contributed by atoms with Crippen LogP contribution < -0.4 is 5.32 Å². The lowest BCUT2D eigenvalue weighted by molar-refractivity contribution is -0.114. The summed E-state index contributed by atoms with van der Waals surface area (Å²) in [5.74, 6) is 0.107. The molecule has 0 radical (unpaired) electrons. The minimum atomic E-state index is -0.193. The van der Waals surface area contributed by atoms with Crippen LogP contribution in [0.25, 0.3) is 22.2 Å². The molecule has 0 aliphatic rings. The number of nitrogens with zero attached hydrogens (tertiary/aromatic N) is 3. The highest BCUT2D eigenvalue weighted by Gasteiger charge is 2.05. The van der Waals surface area contributed by atoms with Crippen molar-refractivity contribution in [1.82, 2.24) is 20.2 Å².